The molecule has 0 spiro atoms. The number of ether oxygens (including phenoxy) is 2. The first kappa shape index (κ1) is 20.0. The minimum absolute atomic E-state index is 0.00925. The maximum absolute atomic E-state index is 12.5. The van der Waals surface area contributed by atoms with Crippen LogP contribution >= 0.6 is 0 Å². The lowest BCUT2D eigenvalue weighted by molar-refractivity contribution is -0.0394. The van der Waals surface area contributed by atoms with Gasteiger partial charge in [-0.05, 0) is 25.0 Å². The Balaban J connectivity index is 2.44. The average Bonchev–Trinajstić information content (AvgIpc) is 2.59. The van der Waals surface area contributed by atoms with E-state index in [9.17, 15) is 25.2 Å². The number of esters is 1. The molecule has 0 saturated heterocycles. The number of carbonyl (C=O) groups is 1. The Labute approximate surface area is 151 Å². The second-order valence-electron chi connectivity index (χ2n) is 6.18. The number of methoxy groups -OCH3 is 1. The zero-order valence-corrected chi connectivity index (χ0v) is 14.7. The van der Waals surface area contributed by atoms with E-state index in [0.29, 0.717) is 17.7 Å². The fraction of sp³-hybridized carbons (Fsp3) is 0.421. The Bertz CT molecular complexity index is 695. The van der Waals surface area contributed by atoms with E-state index in [-0.39, 0.29) is 17.7 Å². The fourth-order valence-electron chi connectivity index (χ4n) is 2.61. The lowest BCUT2D eigenvalue weighted by atomic mass is 10.0. The molecule has 0 saturated carbocycles. The summed E-state index contributed by atoms with van der Waals surface area (Å²) in [4.78, 5) is 12.5. The van der Waals surface area contributed by atoms with Gasteiger partial charge < -0.3 is 29.9 Å². The van der Waals surface area contributed by atoms with Gasteiger partial charge in [0.25, 0.3) is 0 Å². The van der Waals surface area contributed by atoms with E-state index in [1.165, 1.54) is 31.4 Å². The minimum atomic E-state index is -1.35. The van der Waals surface area contributed by atoms with Crippen LogP contribution in [0.5, 0.6) is 11.5 Å². The highest BCUT2D eigenvalue weighted by molar-refractivity contribution is 5.97. The van der Waals surface area contributed by atoms with Crippen LogP contribution in [0, 0.1) is 0 Å². The van der Waals surface area contributed by atoms with E-state index in [1.807, 2.05) is 0 Å². The summed E-state index contributed by atoms with van der Waals surface area (Å²) < 4.78 is 10.4. The number of aliphatic hydroxyl groups excluding tert-OH is 3. The summed E-state index contributed by atoms with van der Waals surface area (Å²) in [6, 6.07) is 2.87. The van der Waals surface area contributed by atoms with Gasteiger partial charge in [-0.25, -0.2) is 4.79 Å². The number of benzene rings is 1. The van der Waals surface area contributed by atoms with Crippen molar-refractivity contribution in [3.63, 3.8) is 0 Å². The summed E-state index contributed by atoms with van der Waals surface area (Å²) >= 11 is 0. The van der Waals surface area contributed by atoms with Crippen molar-refractivity contribution in [2.24, 2.45) is 0 Å². The second kappa shape index (κ2) is 8.84. The van der Waals surface area contributed by atoms with Gasteiger partial charge in [0.05, 0.1) is 13.2 Å². The molecule has 1 heterocycles. The monoisotopic (exact) mass is 364 g/mol. The lowest BCUT2D eigenvalue weighted by Crippen LogP contribution is -2.35. The van der Waals surface area contributed by atoms with Crippen LogP contribution < -0.4 is 4.74 Å². The molecule has 2 rings (SSSR count). The molecule has 0 unspecified atom stereocenters. The van der Waals surface area contributed by atoms with Crippen LogP contribution in [0.3, 0.4) is 0 Å². The van der Waals surface area contributed by atoms with Crippen LogP contribution in [0.15, 0.2) is 30.4 Å². The molecule has 1 aliphatic heterocycles. The molecule has 142 valence electrons. The quantitative estimate of drug-likeness (QED) is 0.439. The molecule has 0 radical (unpaired) electrons. The van der Waals surface area contributed by atoms with Gasteiger partial charge in [0.15, 0.2) is 0 Å². The van der Waals surface area contributed by atoms with Crippen molar-refractivity contribution in [2.75, 3.05) is 7.11 Å². The van der Waals surface area contributed by atoms with Gasteiger partial charge in [-0.15, -0.1) is 0 Å². The van der Waals surface area contributed by atoms with Gasteiger partial charge in [-0.1, -0.05) is 24.3 Å². The standard InChI is InChI=1S/C19H24O7/c1-11-5-3-7-14(20)18(23)15(21)8-4-6-12-9-13(25-2)10-16(22)17(12)19(24)26-11/h3-4,6-7,9-11,14-15,18,20-23H,5,8H2,1-2H3/b6-4+,7-3-/t11-,14-,15+,18+/m0/s1. The largest absolute Gasteiger partial charge is 0.507 e. The Morgan fingerprint density at radius 3 is 2.58 bits per heavy atom. The molecule has 0 amide bonds. The summed E-state index contributed by atoms with van der Waals surface area (Å²) in [5, 5.41) is 40.0. The molecule has 0 aromatic heterocycles. The van der Waals surface area contributed by atoms with Gasteiger partial charge in [0.1, 0.15) is 35.4 Å². The molecule has 26 heavy (non-hydrogen) atoms. The highest BCUT2D eigenvalue weighted by Gasteiger charge is 2.23. The predicted molar refractivity (Wildman–Crippen MR) is 95.0 cm³/mol. The number of hydrogen-bond acceptors (Lipinski definition) is 7. The first-order chi connectivity index (χ1) is 12.3. The molecule has 0 aliphatic carbocycles. The van der Waals surface area contributed by atoms with Crippen molar-refractivity contribution in [1.82, 2.24) is 0 Å². The van der Waals surface area contributed by atoms with Gasteiger partial charge in [-0.2, -0.15) is 0 Å². The number of aromatic hydroxyl groups is 1. The summed E-state index contributed by atoms with van der Waals surface area (Å²) in [7, 11) is 1.43. The number of fused-ring (bicyclic) bond motifs is 1. The van der Waals surface area contributed by atoms with Crippen molar-refractivity contribution >= 4 is 12.0 Å². The molecule has 0 fully saturated rings. The summed E-state index contributed by atoms with van der Waals surface area (Å²) in [6.07, 6.45) is 2.00. The third kappa shape index (κ3) is 4.85. The second-order valence-corrected chi connectivity index (χ2v) is 6.18. The highest BCUT2D eigenvalue weighted by atomic mass is 16.5. The number of hydrogen-bond donors (Lipinski definition) is 4. The SMILES string of the molecule is COc1cc(O)c2c(c1)/C=C/C[C@@H](O)[C@H](O)[C@@H](O)/C=C\C[C@H](C)OC2=O. The maximum Gasteiger partial charge on any atom is 0.342 e. The van der Waals surface area contributed by atoms with Crippen LogP contribution in [0.25, 0.3) is 6.08 Å². The van der Waals surface area contributed by atoms with Crippen LogP contribution in [-0.4, -0.2) is 57.9 Å². The smallest absolute Gasteiger partial charge is 0.342 e. The molecule has 1 aromatic carbocycles. The summed E-state index contributed by atoms with van der Waals surface area (Å²) in [6.45, 7) is 1.67. The van der Waals surface area contributed by atoms with E-state index >= 15 is 0 Å². The molecule has 4 N–H and O–H groups in total. The van der Waals surface area contributed by atoms with Gasteiger partial charge in [0.2, 0.25) is 0 Å². The van der Waals surface area contributed by atoms with Crippen LogP contribution in [0.4, 0.5) is 0 Å². The Kier molecular flexibility index (Phi) is 6.79. The third-order valence-electron chi connectivity index (χ3n) is 4.09. The summed E-state index contributed by atoms with van der Waals surface area (Å²) in [5.41, 5.74) is 0.346. The topological polar surface area (TPSA) is 116 Å². The first-order valence-corrected chi connectivity index (χ1v) is 8.32. The number of aliphatic hydroxyl groups is 3. The van der Waals surface area contributed by atoms with Crippen LogP contribution in [0.2, 0.25) is 0 Å². The molecule has 7 heteroatoms. The zero-order valence-electron chi connectivity index (χ0n) is 14.7. The minimum Gasteiger partial charge on any atom is -0.507 e. The Morgan fingerprint density at radius 2 is 1.88 bits per heavy atom. The van der Waals surface area contributed by atoms with E-state index in [0.717, 1.165) is 0 Å². The Morgan fingerprint density at radius 1 is 1.15 bits per heavy atom. The van der Waals surface area contributed by atoms with Crippen LogP contribution in [-0.2, 0) is 4.74 Å². The molecule has 1 aromatic rings. The fourth-order valence-corrected chi connectivity index (χ4v) is 2.61. The number of phenolic OH excluding ortho intramolecular Hbond substituents is 1. The number of carbonyl (C=O) groups excluding carboxylic acids is 1. The van der Waals surface area contributed by atoms with E-state index in [4.69, 9.17) is 9.47 Å². The van der Waals surface area contributed by atoms with Crippen molar-refractivity contribution in [3.05, 3.63) is 41.5 Å². The molecular formula is C19H24O7. The summed E-state index contributed by atoms with van der Waals surface area (Å²) in [5.74, 6) is -0.615. The molecule has 7 nitrogen and oxygen atoms in total. The van der Waals surface area contributed by atoms with Crippen molar-refractivity contribution in [2.45, 2.75) is 44.2 Å². The van der Waals surface area contributed by atoms with E-state index in [1.54, 1.807) is 19.1 Å². The average molecular weight is 364 g/mol. The predicted octanol–water partition coefficient (Wildman–Crippen LogP) is 1.39. The normalized spacial score (nSPS) is 29.8. The number of cyclic esters (lactones) is 1. The van der Waals surface area contributed by atoms with Crippen molar-refractivity contribution in [3.8, 4) is 11.5 Å². The van der Waals surface area contributed by atoms with Crippen molar-refractivity contribution < 1.29 is 34.7 Å². The van der Waals surface area contributed by atoms with Gasteiger partial charge in [-0.3, -0.25) is 0 Å². The van der Waals surface area contributed by atoms with Gasteiger partial charge >= 0.3 is 5.97 Å². The lowest BCUT2D eigenvalue weighted by Gasteiger charge is -2.20. The maximum atomic E-state index is 12.5. The van der Waals surface area contributed by atoms with Crippen molar-refractivity contribution in [1.29, 1.82) is 0 Å². The molecule has 0 bridgehead atoms. The molecule has 1 aliphatic rings. The number of rotatable bonds is 1. The zero-order chi connectivity index (χ0) is 19.3. The number of phenols is 1. The first-order valence-electron chi connectivity index (χ1n) is 8.32. The van der Waals surface area contributed by atoms with Gasteiger partial charge in [0, 0.05) is 12.5 Å². The van der Waals surface area contributed by atoms with Crippen LogP contribution in [0.1, 0.15) is 35.7 Å². The Hall–Kier alpha value is -2.35. The van der Waals surface area contributed by atoms with E-state index < -0.39 is 30.4 Å². The molecule has 4 atom stereocenters. The van der Waals surface area contributed by atoms with E-state index in [2.05, 4.69) is 0 Å². The third-order valence-corrected chi connectivity index (χ3v) is 4.09. The highest BCUT2D eigenvalue weighted by Crippen LogP contribution is 2.30. The molecular weight excluding hydrogens is 340 g/mol.